The number of hydrogen-bond acceptors (Lipinski definition) is 8. The fourth-order valence-corrected chi connectivity index (χ4v) is 5.02. The minimum absolute atomic E-state index is 0.284. The molecule has 0 aromatic heterocycles. The molecule has 166 valence electrons. The Hall–Kier alpha value is -4.06. The topological polar surface area (TPSA) is 132 Å². The number of nitrogens with one attached hydrogen (secondary N) is 1. The maximum absolute atomic E-state index is 10.5. The molecule has 1 N–H and O–H groups in total. The summed E-state index contributed by atoms with van der Waals surface area (Å²) in [5, 5.41) is 39.9. The van der Waals surface area contributed by atoms with Crippen LogP contribution in [0.3, 0.4) is 0 Å². The van der Waals surface area contributed by atoms with Gasteiger partial charge in [0.15, 0.2) is 5.41 Å². The third kappa shape index (κ3) is 2.94. The second kappa shape index (κ2) is 7.81. The molecule has 0 amide bonds. The lowest BCUT2D eigenvalue weighted by atomic mass is 9.52. The van der Waals surface area contributed by atoms with Gasteiger partial charge < -0.3 is 18.9 Å². The number of rotatable bonds is 5. The first-order valence-electron chi connectivity index (χ1n) is 10.3. The Labute approximate surface area is 192 Å². The van der Waals surface area contributed by atoms with E-state index in [1.54, 1.807) is 25.1 Å². The van der Waals surface area contributed by atoms with Crippen LogP contribution in [-0.2, 0) is 15.9 Å². The van der Waals surface area contributed by atoms with Crippen LogP contribution in [-0.4, -0.2) is 25.9 Å². The summed E-state index contributed by atoms with van der Waals surface area (Å²) in [5.41, 5.74) is -2.63. The molecule has 0 spiro atoms. The van der Waals surface area contributed by atoms with Gasteiger partial charge in [-0.25, -0.2) is 0 Å². The first kappa shape index (κ1) is 22.1. The number of fused-ring (bicyclic) bond motifs is 2. The molecular weight excluding hydrogens is 420 g/mol. The molecule has 2 heterocycles. The van der Waals surface area contributed by atoms with Crippen LogP contribution in [0.25, 0.3) is 0 Å². The lowest BCUT2D eigenvalue weighted by molar-refractivity contribution is -0.272. The van der Waals surface area contributed by atoms with Crippen LogP contribution in [0.1, 0.15) is 24.2 Å². The maximum Gasteiger partial charge on any atom is 0.215 e. The average molecular weight is 442 g/mol. The number of nitrogens with zero attached hydrogens (tertiary/aromatic N) is 3. The molecule has 2 aromatic rings. The van der Waals surface area contributed by atoms with Crippen LogP contribution in [0.4, 0.5) is 0 Å². The molecule has 33 heavy (non-hydrogen) atoms. The van der Waals surface area contributed by atoms with Crippen LogP contribution in [0.15, 0.2) is 48.5 Å². The number of hydrogen-bond donors (Lipinski definition) is 1. The largest absolute Gasteiger partial charge is 0.497 e. The van der Waals surface area contributed by atoms with Crippen LogP contribution in [0.2, 0.25) is 0 Å². The lowest BCUT2D eigenvalue weighted by Gasteiger charge is -2.48. The van der Waals surface area contributed by atoms with E-state index >= 15 is 0 Å². The summed E-state index contributed by atoms with van der Waals surface area (Å²) in [4.78, 5) is 0. The van der Waals surface area contributed by atoms with Crippen molar-refractivity contribution < 1.29 is 18.9 Å². The van der Waals surface area contributed by atoms with E-state index < -0.39 is 34.5 Å². The van der Waals surface area contributed by atoms with Crippen molar-refractivity contribution in [2.45, 2.75) is 25.2 Å². The highest BCUT2D eigenvalue weighted by molar-refractivity contribution is 5.89. The third-order valence-electron chi connectivity index (χ3n) is 6.67. The van der Waals surface area contributed by atoms with Gasteiger partial charge in [0, 0.05) is 13.0 Å². The van der Waals surface area contributed by atoms with E-state index in [9.17, 15) is 15.8 Å². The molecule has 4 unspecified atom stereocenters. The molecular formula is C25H22N4O4. The van der Waals surface area contributed by atoms with Crippen molar-refractivity contribution in [3.8, 4) is 29.7 Å². The number of benzene rings is 2. The van der Waals surface area contributed by atoms with Crippen molar-refractivity contribution >= 4 is 5.90 Å². The van der Waals surface area contributed by atoms with Crippen molar-refractivity contribution in [1.82, 2.24) is 0 Å². The van der Waals surface area contributed by atoms with Gasteiger partial charge in [-0.2, -0.15) is 15.8 Å². The highest BCUT2D eigenvalue weighted by Gasteiger charge is 2.79. The summed E-state index contributed by atoms with van der Waals surface area (Å²) in [6, 6.07) is 20.6. The summed E-state index contributed by atoms with van der Waals surface area (Å²) in [5.74, 6) is -1.75. The monoisotopic (exact) mass is 442 g/mol. The van der Waals surface area contributed by atoms with E-state index in [0.29, 0.717) is 17.1 Å². The molecule has 2 fully saturated rings. The summed E-state index contributed by atoms with van der Waals surface area (Å²) < 4.78 is 22.9. The fourth-order valence-electron chi connectivity index (χ4n) is 5.02. The highest BCUT2D eigenvalue weighted by atomic mass is 16.7. The summed E-state index contributed by atoms with van der Waals surface area (Å²) in [6.45, 7) is 1.65. The Balaban J connectivity index is 1.95. The van der Waals surface area contributed by atoms with Crippen molar-refractivity contribution in [1.29, 1.82) is 21.2 Å². The normalized spacial score (nSPS) is 29.2. The average Bonchev–Trinajstić information content (AvgIpc) is 3.00. The zero-order chi connectivity index (χ0) is 23.9. The smallest absolute Gasteiger partial charge is 0.215 e. The standard InChI is InChI=1S/C25H22N4O4/c1-23-20(9-16-7-5-4-6-8-16)25(15-28,22(29)33-23)24(13-26,14-27)21(32-23)17-10-18(30-2)12-19(11-17)31-3/h4-8,10-12,20-21,29H,9H2,1-3H3. The molecule has 0 radical (unpaired) electrons. The molecule has 2 aromatic carbocycles. The molecule has 2 saturated heterocycles. The van der Waals surface area contributed by atoms with Crippen molar-refractivity contribution in [3.63, 3.8) is 0 Å². The summed E-state index contributed by atoms with van der Waals surface area (Å²) in [6.07, 6.45) is -0.914. The number of ether oxygens (including phenoxy) is 4. The van der Waals surface area contributed by atoms with Gasteiger partial charge in [-0.05, 0) is 29.7 Å². The molecule has 2 bridgehead atoms. The summed E-state index contributed by atoms with van der Waals surface area (Å²) >= 11 is 0. The van der Waals surface area contributed by atoms with Gasteiger partial charge in [0.05, 0.1) is 38.3 Å². The predicted octanol–water partition coefficient (Wildman–Crippen LogP) is 3.90. The molecule has 8 nitrogen and oxygen atoms in total. The van der Waals surface area contributed by atoms with Crippen LogP contribution < -0.4 is 9.47 Å². The number of methoxy groups -OCH3 is 2. The zero-order valence-electron chi connectivity index (χ0n) is 18.5. The quantitative estimate of drug-likeness (QED) is 0.742. The van der Waals surface area contributed by atoms with E-state index in [-0.39, 0.29) is 6.42 Å². The van der Waals surface area contributed by atoms with Crippen molar-refractivity contribution in [2.75, 3.05) is 14.2 Å². The maximum atomic E-state index is 10.5. The molecule has 0 aliphatic carbocycles. The fraction of sp³-hybridized carbons (Fsp3) is 0.360. The van der Waals surface area contributed by atoms with Gasteiger partial charge in [0.25, 0.3) is 0 Å². The molecule has 4 rings (SSSR count). The minimum Gasteiger partial charge on any atom is -0.497 e. The SMILES string of the molecule is COc1cc(OC)cc(C2OC3(C)OC(=N)C(C#N)(C3Cc3ccccc3)C2(C#N)C#N)c1. The lowest BCUT2D eigenvalue weighted by Crippen LogP contribution is -2.59. The number of nitriles is 3. The van der Waals surface area contributed by atoms with Gasteiger partial charge in [-0.3, -0.25) is 5.41 Å². The zero-order valence-corrected chi connectivity index (χ0v) is 18.5. The molecule has 2 aliphatic heterocycles. The Morgan fingerprint density at radius 1 is 0.970 bits per heavy atom. The first-order chi connectivity index (χ1) is 15.8. The van der Waals surface area contributed by atoms with E-state index in [2.05, 4.69) is 18.2 Å². The Morgan fingerprint density at radius 2 is 1.58 bits per heavy atom. The summed E-state index contributed by atoms with van der Waals surface area (Å²) in [7, 11) is 2.97. The van der Waals surface area contributed by atoms with E-state index in [1.165, 1.54) is 14.2 Å². The van der Waals surface area contributed by atoms with Crippen LogP contribution in [0.5, 0.6) is 11.5 Å². The molecule has 8 heteroatoms. The second-order valence-electron chi connectivity index (χ2n) is 8.28. The van der Waals surface area contributed by atoms with Gasteiger partial charge >= 0.3 is 0 Å². The highest BCUT2D eigenvalue weighted by Crippen LogP contribution is 2.67. The van der Waals surface area contributed by atoms with Crippen molar-refractivity contribution in [2.24, 2.45) is 16.7 Å². The van der Waals surface area contributed by atoms with Crippen LogP contribution >= 0.6 is 0 Å². The second-order valence-corrected chi connectivity index (χ2v) is 8.28. The minimum atomic E-state index is -2.06. The molecule has 0 saturated carbocycles. The van der Waals surface area contributed by atoms with E-state index in [0.717, 1.165) is 5.56 Å². The van der Waals surface area contributed by atoms with Gasteiger partial charge in [-0.1, -0.05) is 30.3 Å². The Morgan fingerprint density at radius 3 is 2.09 bits per heavy atom. The van der Waals surface area contributed by atoms with E-state index in [4.69, 9.17) is 24.4 Å². The van der Waals surface area contributed by atoms with Gasteiger partial charge in [0.2, 0.25) is 17.1 Å². The molecule has 2 aliphatic rings. The third-order valence-corrected chi connectivity index (χ3v) is 6.67. The van der Waals surface area contributed by atoms with Gasteiger partial charge in [-0.15, -0.1) is 0 Å². The molecule has 4 atom stereocenters. The predicted molar refractivity (Wildman–Crippen MR) is 116 cm³/mol. The van der Waals surface area contributed by atoms with E-state index in [1.807, 2.05) is 30.3 Å². The van der Waals surface area contributed by atoms with Crippen LogP contribution in [0, 0.1) is 56.2 Å². The Bertz CT molecular complexity index is 1190. The first-order valence-corrected chi connectivity index (χ1v) is 10.3. The van der Waals surface area contributed by atoms with Gasteiger partial charge in [0.1, 0.15) is 17.6 Å². The Kier molecular flexibility index (Phi) is 5.24. The van der Waals surface area contributed by atoms with Crippen molar-refractivity contribution in [3.05, 3.63) is 59.7 Å².